The van der Waals surface area contributed by atoms with Crippen molar-refractivity contribution in [2.24, 2.45) is 5.92 Å². The molecule has 1 amide bonds. The quantitative estimate of drug-likeness (QED) is 0.925. The van der Waals surface area contributed by atoms with Crippen LogP contribution in [0.1, 0.15) is 25.3 Å². The molecular formula is C16H23FN2O2. The number of carbonyl (C=O) groups is 1. The van der Waals surface area contributed by atoms with Crippen molar-refractivity contribution in [3.8, 4) is 5.75 Å². The van der Waals surface area contributed by atoms with E-state index >= 15 is 0 Å². The zero-order chi connectivity index (χ0) is 15.4. The Hall–Kier alpha value is -1.62. The summed E-state index contributed by atoms with van der Waals surface area (Å²) in [6.07, 6.45) is 1.97. The van der Waals surface area contributed by atoms with Gasteiger partial charge in [0.25, 0.3) is 0 Å². The SMILES string of the molecule is COc1ccc(CN(C)C(=O)C2CC(C)CCN2)cc1F. The van der Waals surface area contributed by atoms with E-state index < -0.39 is 5.82 Å². The van der Waals surface area contributed by atoms with Crippen molar-refractivity contribution in [2.45, 2.75) is 32.4 Å². The Balaban J connectivity index is 1.98. The first kappa shape index (κ1) is 15.8. The summed E-state index contributed by atoms with van der Waals surface area (Å²) in [5.74, 6) is 0.445. The summed E-state index contributed by atoms with van der Waals surface area (Å²) in [5, 5.41) is 3.26. The molecule has 1 aliphatic heterocycles. The van der Waals surface area contributed by atoms with E-state index in [0.717, 1.165) is 24.9 Å². The summed E-state index contributed by atoms with van der Waals surface area (Å²) in [6, 6.07) is 4.66. The van der Waals surface area contributed by atoms with Crippen LogP contribution in [-0.4, -0.2) is 37.6 Å². The predicted octanol–water partition coefficient (Wildman–Crippen LogP) is 2.18. The van der Waals surface area contributed by atoms with Gasteiger partial charge in [-0.05, 0) is 43.0 Å². The molecule has 2 rings (SSSR count). The molecule has 116 valence electrons. The van der Waals surface area contributed by atoms with Crippen LogP contribution in [0.5, 0.6) is 5.75 Å². The second-order valence-electron chi connectivity index (χ2n) is 5.80. The van der Waals surface area contributed by atoms with Gasteiger partial charge in [0, 0.05) is 13.6 Å². The molecule has 4 nitrogen and oxygen atoms in total. The molecule has 1 saturated heterocycles. The maximum absolute atomic E-state index is 13.7. The summed E-state index contributed by atoms with van der Waals surface area (Å²) in [4.78, 5) is 14.1. The van der Waals surface area contributed by atoms with E-state index in [9.17, 15) is 9.18 Å². The summed E-state index contributed by atoms with van der Waals surface area (Å²) >= 11 is 0. The molecular weight excluding hydrogens is 271 g/mol. The zero-order valence-electron chi connectivity index (χ0n) is 12.9. The van der Waals surface area contributed by atoms with Gasteiger partial charge in [-0.25, -0.2) is 4.39 Å². The smallest absolute Gasteiger partial charge is 0.239 e. The Labute approximate surface area is 125 Å². The Morgan fingerprint density at radius 1 is 1.52 bits per heavy atom. The van der Waals surface area contributed by atoms with E-state index in [4.69, 9.17) is 4.74 Å². The van der Waals surface area contributed by atoms with Gasteiger partial charge in [-0.3, -0.25) is 4.79 Å². The van der Waals surface area contributed by atoms with Crippen LogP contribution in [0.2, 0.25) is 0 Å². The highest BCUT2D eigenvalue weighted by Crippen LogP contribution is 2.20. The highest BCUT2D eigenvalue weighted by atomic mass is 19.1. The van der Waals surface area contributed by atoms with Crippen LogP contribution in [0.15, 0.2) is 18.2 Å². The third-order valence-electron chi connectivity index (χ3n) is 3.98. The third kappa shape index (κ3) is 3.94. The van der Waals surface area contributed by atoms with Crippen molar-refractivity contribution in [3.05, 3.63) is 29.6 Å². The lowest BCUT2D eigenvalue weighted by Gasteiger charge is -2.30. The van der Waals surface area contributed by atoms with Crippen LogP contribution in [0.3, 0.4) is 0 Å². The number of rotatable bonds is 4. The number of methoxy groups -OCH3 is 1. The maximum atomic E-state index is 13.7. The number of nitrogens with one attached hydrogen (secondary N) is 1. The molecule has 5 heteroatoms. The Morgan fingerprint density at radius 3 is 2.90 bits per heavy atom. The van der Waals surface area contributed by atoms with Gasteiger partial charge in [-0.1, -0.05) is 13.0 Å². The van der Waals surface area contributed by atoms with E-state index in [-0.39, 0.29) is 17.7 Å². The highest BCUT2D eigenvalue weighted by Gasteiger charge is 2.26. The number of benzene rings is 1. The van der Waals surface area contributed by atoms with Crippen molar-refractivity contribution in [1.29, 1.82) is 0 Å². The number of carbonyl (C=O) groups excluding carboxylic acids is 1. The second kappa shape index (κ2) is 6.89. The minimum absolute atomic E-state index is 0.0674. The van der Waals surface area contributed by atoms with Gasteiger partial charge in [-0.2, -0.15) is 0 Å². The molecule has 1 aromatic carbocycles. The molecule has 0 saturated carbocycles. The largest absolute Gasteiger partial charge is 0.494 e. The van der Waals surface area contributed by atoms with E-state index in [0.29, 0.717) is 12.5 Å². The third-order valence-corrected chi connectivity index (χ3v) is 3.98. The number of nitrogens with zero attached hydrogens (tertiary/aromatic N) is 1. The molecule has 0 bridgehead atoms. The van der Waals surface area contributed by atoms with Crippen LogP contribution in [-0.2, 0) is 11.3 Å². The molecule has 2 atom stereocenters. The van der Waals surface area contributed by atoms with E-state index in [2.05, 4.69) is 12.2 Å². The van der Waals surface area contributed by atoms with Gasteiger partial charge in [0.05, 0.1) is 13.2 Å². The molecule has 0 aliphatic carbocycles. The van der Waals surface area contributed by atoms with Gasteiger partial charge in [0.2, 0.25) is 5.91 Å². The summed E-state index contributed by atoms with van der Waals surface area (Å²) in [7, 11) is 3.19. The normalized spacial score (nSPS) is 21.9. The standard InChI is InChI=1S/C16H23FN2O2/c1-11-6-7-18-14(8-11)16(20)19(2)10-12-4-5-15(21-3)13(17)9-12/h4-5,9,11,14,18H,6-8,10H2,1-3H3. The fourth-order valence-electron chi connectivity index (χ4n) is 2.72. The zero-order valence-corrected chi connectivity index (χ0v) is 12.9. The molecule has 1 fully saturated rings. The van der Waals surface area contributed by atoms with Gasteiger partial charge in [-0.15, -0.1) is 0 Å². The number of likely N-dealkylation sites (N-methyl/N-ethyl adjacent to an activating group) is 1. The molecule has 1 heterocycles. The topological polar surface area (TPSA) is 41.6 Å². The minimum Gasteiger partial charge on any atom is -0.494 e. The van der Waals surface area contributed by atoms with Crippen molar-refractivity contribution in [3.63, 3.8) is 0 Å². The average Bonchev–Trinajstić information content (AvgIpc) is 2.46. The summed E-state index contributed by atoms with van der Waals surface area (Å²) in [6.45, 7) is 3.44. The number of piperidine rings is 1. The fraction of sp³-hybridized carbons (Fsp3) is 0.562. The van der Waals surface area contributed by atoms with Crippen molar-refractivity contribution in [1.82, 2.24) is 10.2 Å². The number of amides is 1. The first-order valence-electron chi connectivity index (χ1n) is 7.32. The van der Waals surface area contributed by atoms with E-state index in [1.165, 1.54) is 13.2 Å². The molecule has 0 radical (unpaired) electrons. The van der Waals surface area contributed by atoms with Crippen LogP contribution in [0.4, 0.5) is 4.39 Å². The Kier molecular flexibility index (Phi) is 5.17. The minimum atomic E-state index is -0.403. The van der Waals surface area contributed by atoms with Crippen LogP contribution in [0.25, 0.3) is 0 Å². The molecule has 1 aromatic rings. The average molecular weight is 294 g/mol. The van der Waals surface area contributed by atoms with Gasteiger partial charge in [0.15, 0.2) is 11.6 Å². The van der Waals surface area contributed by atoms with Crippen molar-refractivity contribution in [2.75, 3.05) is 20.7 Å². The fourth-order valence-corrected chi connectivity index (χ4v) is 2.72. The molecule has 0 spiro atoms. The van der Waals surface area contributed by atoms with Crippen LogP contribution < -0.4 is 10.1 Å². The van der Waals surface area contributed by atoms with Crippen LogP contribution in [0, 0.1) is 11.7 Å². The van der Waals surface area contributed by atoms with E-state index in [1.54, 1.807) is 24.1 Å². The second-order valence-corrected chi connectivity index (χ2v) is 5.80. The van der Waals surface area contributed by atoms with Crippen LogP contribution >= 0.6 is 0 Å². The van der Waals surface area contributed by atoms with Gasteiger partial charge in [0.1, 0.15) is 0 Å². The molecule has 1 aliphatic rings. The lowest BCUT2D eigenvalue weighted by Crippen LogP contribution is -2.48. The van der Waals surface area contributed by atoms with Gasteiger partial charge >= 0.3 is 0 Å². The Bertz CT molecular complexity index is 507. The monoisotopic (exact) mass is 294 g/mol. The first-order chi connectivity index (χ1) is 10.0. The number of halogens is 1. The molecule has 0 aromatic heterocycles. The molecule has 2 unspecified atom stereocenters. The maximum Gasteiger partial charge on any atom is 0.239 e. The summed E-state index contributed by atoms with van der Waals surface area (Å²) < 4.78 is 18.6. The van der Waals surface area contributed by atoms with E-state index in [1.807, 2.05) is 0 Å². The van der Waals surface area contributed by atoms with Crippen molar-refractivity contribution < 1.29 is 13.9 Å². The lowest BCUT2D eigenvalue weighted by atomic mass is 9.93. The number of hydrogen-bond donors (Lipinski definition) is 1. The lowest BCUT2D eigenvalue weighted by molar-refractivity contribution is -0.133. The highest BCUT2D eigenvalue weighted by molar-refractivity contribution is 5.81. The number of hydrogen-bond acceptors (Lipinski definition) is 3. The summed E-state index contributed by atoms with van der Waals surface area (Å²) in [5.41, 5.74) is 0.757. The first-order valence-corrected chi connectivity index (χ1v) is 7.32. The Morgan fingerprint density at radius 2 is 2.29 bits per heavy atom. The van der Waals surface area contributed by atoms with Crippen molar-refractivity contribution >= 4 is 5.91 Å². The molecule has 1 N–H and O–H groups in total. The molecule has 21 heavy (non-hydrogen) atoms. The number of ether oxygens (including phenoxy) is 1. The van der Waals surface area contributed by atoms with Gasteiger partial charge < -0.3 is 15.0 Å². The predicted molar refractivity (Wildman–Crippen MR) is 79.6 cm³/mol.